The molecule has 0 aromatic heterocycles. The van der Waals surface area contributed by atoms with Crippen LogP contribution in [0.15, 0.2) is 43.0 Å². The fraction of sp³-hybridized carbons (Fsp3) is 0.273. The molecule has 0 saturated carbocycles. The van der Waals surface area contributed by atoms with Gasteiger partial charge in [0.1, 0.15) is 5.82 Å². The number of hydrogen-bond acceptors (Lipinski definition) is 0. The molecule has 25 heavy (non-hydrogen) atoms. The summed E-state index contributed by atoms with van der Waals surface area (Å²) in [5.74, 6) is -1.43. The Hall–Kier alpha value is -2.29. The van der Waals surface area contributed by atoms with Crippen LogP contribution in [0, 0.1) is 23.4 Å². The number of rotatable bonds is 4. The van der Waals surface area contributed by atoms with Crippen molar-refractivity contribution in [2.75, 3.05) is 0 Å². The Kier molecular flexibility index (Phi) is 5.12. The molecular weight excluding hydrogens is 321 g/mol. The first kappa shape index (κ1) is 17.5. The predicted molar refractivity (Wildman–Crippen MR) is 96.6 cm³/mol. The molecule has 0 heterocycles. The Morgan fingerprint density at radius 1 is 1.08 bits per heavy atom. The molecule has 0 N–H and O–H groups in total. The van der Waals surface area contributed by atoms with Crippen molar-refractivity contribution in [3.05, 3.63) is 82.7 Å². The molecule has 0 bridgehead atoms. The van der Waals surface area contributed by atoms with E-state index >= 15 is 0 Å². The van der Waals surface area contributed by atoms with Crippen molar-refractivity contribution >= 4 is 11.6 Å². The lowest BCUT2D eigenvalue weighted by atomic mass is 9.86. The third kappa shape index (κ3) is 3.87. The summed E-state index contributed by atoms with van der Waals surface area (Å²) < 4.78 is 42.2. The average Bonchev–Trinajstić information content (AvgIpc) is 2.59. The van der Waals surface area contributed by atoms with Crippen molar-refractivity contribution in [1.29, 1.82) is 0 Å². The van der Waals surface area contributed by atoms with Gasteiger partial charge in [-0.15, -0.1) is 0 Å². The Bertz CT molecular complexity index is 833. The van der Waals surface area contributed by atoms with Gasteiger partial charge in [-0.2, -0.15) is 0 Å². The third-order valence-electron chi connectivity index (χ3n) is 4.80. The van der Waals surface area contributed by atoms with E-state index in [4.69, 9.17) is 0 Å². The van der Waals surface area contributed by atoms with E-state index in [-0.39, 0.29) is 5.82 Å². The van der Waals surface area contributed by atoms with Crippen LogP contribution in [0.5, 0.6) is 0 Å². The smallest absolute Gasteiger partial charge is 0.166 e. The summed E-state index contributed by atoms with van der Waals surface area (Å²) in [6, 6.07) is 7.73. The highest BCUT2D eigenvalue weighted by atomic mass is 19.2. The van der Waals surface area contributed by atoms with Crippen LogP contribution in [0.4, 0.5) is 13.2 Å². The number of benzene rings is 2. The molecule has 0 amide bonds. The Labute approximate surface area is 146 Å². The highest BCUT2D eigenvalue weighted by Gasteiger charge is 2.18. The van der Waals surface area contributed by atoms with E-state index in [0.717, 1.165) is 24.8 Å². The van der Waals surface area contributed by atoms with Crippen molar-refractivity contribution in [2.45, 2.75) is 32.6 Å². The van der Waals surface area contributed by atoms with Crippen LogP contribution in [-0.4, -0.2) is 0 Å². The molecular formula is C22H21F3. The van der Waals surface area contributed by atoms with Crippen LogP contribution in [0.2, 0.25) is 0 Å². The monoisotopic (exact) mass is 342 g/mol. The number of halogens is 3. The zero-order valence-electron chi connectivity index (χ0n) is 14.3. The topological polar surface area (TPSA) is 0 Å². The van der Waals surface area contributed by atoms with Gasteiger partial charge in [0.05, 0.1) is 0 Å². The van der Waals surface area contributed by atoms with Crippen molar-refractivity contribution in [3.63, 3.8) is 0 Å². The SMILES string of the molecule is C=Cc1ccc(Cc2cc(F)c(F)c(C3=CCC(C)CC3)c2)cc1F. The summed E-state index contributed by atoms with van der Waals surface area (Å²) in [4.78, 5) is 0. The predicted octanol–water partition coefficient (Wildman–Crippen LogP) is 6.54. The van der Waals surface area contributed by atoms with Crippen LogP contribution in [0.25, 0.3) is 11.6 Å². The van der Waals surface area contributed by atoms with Gasteiger partial charge in [-0.25, -0.2) is 13.2 Å². The first-order valence-electron chi connectivity index (χ1n) is 8.56. The first-order chi connectivity index (χ1) is 12.0. The van der Waals surface area contributed by atoms with Gasteiger partial charge in [0.25, 0.3) is 0 Å². The van der Waals surface area contributed by atoms with Crippen LogP contribution >= 0.6 is 0 Å². The van der Waals surface area contributed by atoms with Crippen molar-refractivity contribution in [1.82, 2.24) is 0 Å². The van der Waals surface area contributed by atoms with E-state index < -0.39 is 11.6 Å². The summed E-state index contributed by atoms with van der Waals surface area (Å²) in [5, 5.41) is 0. The first-order valence-corrected chi connectivity index (χ1v) is 8.56. The minimum atomic E-state index is -0.852. The van der Waals surface area contributed by atoms with Gasteiger partial charge >= 0.3 is 0 Å². The second-order valence-corrected chi connectivity index (χ2v) is 6.78. The lowest BCUT2D eigenvalue weighted by Gasteiger charge is -2.19. The minimum Gasteiger partial charge on any atom is -0.206 e. The number of hydrogen-bond donors (Lipinski definition) is 0. The summed E-state index contributed by atoms with van der Waals surface area (Å²) in [5.41, 5.74) is 2.98. The van der Waals surface area contributed by atoms with E-state index in [0.29, 0.717) is 34.6 Å². The Morgan fingerprint density at radius 3 is 2.48 bits per heavy atom. The fourth-order valence-corrected chi connectivity index (χ4v) is 3.27. The summed E-state index contributed by atoms with van der Waals surface area (Å²) in [6.07, 6.45) is 6.42. The van der Waals surface area contributed by atoms with E-state index in [1.165, 1.54) is 18.2 Å². The number of allylic oxidation sites excluding steroid dienone is 2. The van der Waals surface area contributed by atoms with Gasteiger partial charge in [0, 0.05) is 11.1 Å². The lowest BCUT2D eigenvalue weighted by Crippen LogP contribution is -2.04. The summed E-state index contributed by atoms with van der Waals surface area (Å²) in [6.45, 7) is 5.71. The highest BCUT2D eigenvalue weighted by molar-refractivity contribution is 5.67. The second-order valence-electron chi connectivity index (χ2n) is 6.78. The molecule has 2 aromatic carbocycles. The van der Waals surface area contributed by atoms with Crippen molar-refractivity contribution in [2.24, 2.45) is 5.92 Å². The van der Waals surface area contributed by atoms with E-state index in [1.54, 1.807) is 18.2 Å². The zero-order valence-corrected chi connectivity index (χ0v) is 14.3. The van der Waals surface area contributed by atoms with Crippen LogP contribution in [0.1, 0.15) is 48.4 Å². The maximum atomic E-state index is 14.3. The van der Waals surface area contributed by atoms with Gasteiger partial charge < -0.3 is 0 Å². The summed E-state index contributed by atoms with van der Waals surface area (Å²) in [7, 11) is 0. The molecule has 0 spiro atoms. The molecule has 2 aromatic rings. The molecule has 0 aliphatic heterocycles. The Balaban J connectivity index is 1.92. The Morgan fingerprint density at radius 2 is 1.84 bits per heavy atom. The molecule has 3 rings (SSSR count). The maximum absolute atomic E-state index is 14.3. The van der Waals surface area contributed by atoms with E-state index in [1.807, 2.05) is 6.08 Å². The summed E-state index contributed by atoms with van der Waals surface area (Å²) >= 11 is 0. The molecule has 3 heteroatoms. The lowest BCUT2D eigenvalue weighted by molar-refractivity contribution is 0.500. The standard InChI is InChI=1S/C22H21F3/c1-3-17-9-6-15(12-20(17)23)10-16-11-19(22(25)21(24)13-16)18-7-4-14(2)5-8-18/h3,6-7,9,11-14H,1,4-5,8,10H2,2H3. The fourth-order valence-electron chi connectivity index (χ4n) is 3.27. The van der Waals surface area contributed by atoms with Gasteiger partial charge in [-0.3, -0.25) is 0 Å². The van der Waals surface area contributed by atoms with E-state index in [9.17, 15) is 13.2 Å². The van der Waals surface area contributed by atoms with Gasteiger partial charge in [0.15, 0.2) is 11.6 Å². The highest BCUT2D eigenvalue weighted by Crippen LogP contribution is 2.33. The molecule has 130 valence electrons. The van der Waals surface area contributed by atoms with Gasteiger partial charge in [-0.1, -0.05) is 37.8 Å². The van der Waals surface area contributed by atoms with Crippen LogP contribution in [-0.2, 0) is 6.42 Å². The molecule has 0 saturated heterocycles. The molecule has 0 nitrogen and oxygen atoms in total. The molecule has 1 atom stereocenters. The molecule has 1 aliphatic carbocycles. The van der Waals surface area contributed by atoms with Crippen molar-refractivity contribution in [3.8, 4) is 0 Å². The van der Waals surface area contributed by atoms with Gasteiger partial charge in [0.2, 0.25) is 0 Å². The van der Waals surface area contributed by atoms with E-state index in [2.05, 4.69) is 13.5 Å². The minimum absolute atomic E-state index is 0.338. The largest absolute Gasteiger partial charge is 0.206 e. The van der Waals surface area contributed by atoms with Crippen LogP contribution < -0.4 is 0 Å². The van der Waals surface area contributed by atoms with Crippen LogP contribution in [0.3, 0.4) is 0 Å². The molecule has 0 fully saturated rings. The molecule has 1 aliphatic rings. The second kappa shape index (κ2) is 7.30. The normalized spacial score (nSPS) is 17.3. The maximum Gasteiger partial charge on any atom is 0.166 e. The quantitative estimate of drug-likeness (QED) is 0.592. The molecule has 0 radical (unpaired) electrons. The third-order valence-corrected chi connectivity index (χ3v) is 4.80. The average molecular weight is 342 g/mol. The molecule has 1 unspecified atom stereocenters. The van der Waals surface area contributed by atoms with Gasteiger partial charge in [-0.05, 0) is 66.5 Å². The zero-order chi connectivity index (χ0) is 18.0. The van der Waals surface area contributed by atoms with Crippen molar-refractivity contribution < 1.29 is 13.2 Å².